The summed E-state index contributed by atoms with van der Waals surface area (Å²) in [5, 5.41) is 21.8. The lowest BCUT2D eigenvalue weighted by molar-refractivity contribution is -0.384. The third kappa shape index (κ3) is 4.09. The first-order valence-corrected chi connectivity index (χ1v) is 5.34. The monoisotopic (exact) mass is 257 g/mol. The molecule has 0 spiro atoms. The minimum absolute atomic E-state index is 0.0493. The van der Waals surface area contributed by atoms with Crippen LogP contribution in [0.15, 0.2) is 42.5 Å². The summed E-state index contributed by atoms with van der Waals surface area (Å²) in [6.45, 7) is 3.71. The van der Waals surface area contributed by atoms with Gasteiger partial charge in [0.05, 0.1) is 4.92 Å². The number of rotatable bonds is 5. The molecule has 0 aliphatic carbocycles. The average molecular weight is 257 g/mol. The Balaban J connectivity index is 2.92. The summed E-state index contributed by atoms with van der Waals surface area (Å²) < 4.78 is 0. The molecule has 0 aromatic heterocycles. The lowest BCUT2D eigenvalue weighted by Gasteiger charge is -2.00. The van der Waals surface area contributed by atoms with Gasteiger partial charge in [0, 0.05) is 18.7 Å². The van der Waals surface area contributed by atoms with Crippen molar-refractivity contribution in [1.82, 2.24) is 5.32 Å². The molecule has 96 valence electrons. The van der Waals surface area contributed by atoms with Crippen LogP contribution in [-0.2, 0) is 4.79 Å². The highest BCUT2D eigenvalue weighted by Gasteiger charge is 2.08. The molecule has 0 saturated carbocycles. The number of nitrogens with one attached hydrogen (secondary N) is 1. The van der Waals surface area contributed by atoms with Crippen LogP contribution in [0.1, 0.15) is 5.56 Å². The van der Waals surface area contributed by atoms with Crippen LogP contribution in [0.5, 0.6) is 0 Å². The molecule has 0 aliphatic heterocycles. The number of carbonyl (C=O) groups is 1. The molecular weight excluding hydrogens is 246 g/mol. The zero-order valence-corrected chi connectivity index (χ0v) is 10.00. The number of non-ortho nitro benzene ring substituents is 1. The smallest absolute Gasteiger partial charge is 0.269 e. The number of hydrogen-bond acceptors (Lipinski definition) is 4. The third-order valence-electron chi connectivity index (χ3n) is 2.19. The maximum absolute atomic E-state index is 11.6. The highest BCUT2D eigenvalue weighted by atomic mass is 16.6. The Morgan fingerprint density at radius 1 is 1.47 bits per heavy atom. The van der Waals surface area contributed by atoms with Crippen LogP contribution >= 0.6 is 0 Å². The Hall–Kier alpha value is -2.94. The number of nitriles is 1. The van der Waals surface area contributed by atoms with E-state index < -0.39 is 10.8 Å². The summed E-state index contributed by atoms with van der Waals surface area (Å²) >= 11 is 0. The van der Waals surface area contributed by atoms with E-state index in [-0.39, 0.29) is 17.8 Å². The summed E-state index contributed by atoms with van der Waals surface area (Å²) in [5.74, 6) is -0.513. The van der Waals surface area contributed by atoms with Crippen molar-refractivity contribution in [2.24, 2.45) is 0 Å². The zero-order chi connectivity index (χ0) is 14.3. The molecule has 0 radical (unpaired) electrons. The summed E-state index contributed by atoms with van der Waals surface area (Å²) in [6, 6.07) is 7.33. The van der Waals surface area contributed by atoms with Crippen molar-refractivity contribution in [3.8, 4) is 6.07 Å². The first-order valence-electron chi connectivity index (χ1n) is 5.34. The molecule has 1 amide bonds. The summed E-state index contributed by atoms with van der Waals surface area (Å²) in [6.07, 6.45) is 2.86. The van der Waals surface area contributed by atoms with Gasteiger partial charge in [0.1, 0.15) is 11.6 Å². The van der Waals surface area contributed by atoms with Crippen LogP contribution in [0.25, 0.3) is 6.08 Å². The van der Waals surface area contributed by atoms with Crippen molar-refractivity contribution < 1.29 is 9.72 Å². The maximum atomic E-state index is 11.6. The molecular formula is C13H11N3O3. The first kappa shape index (κ1) is 14.1. The topological polar surface area (TPSA) is 96.0 Å². The van der Waals surface area contributed by atoms with E-state index in [4.69, 9.17) is 5.26 Å². The van der Waals surface area contributed by atoms with Crippen LogP contribution in [0.4, 0.5) is 5.69 Å². The van der Waals surface area contributed by atoms with Gasteiger partial charge < -0.3 is 5.32 Å². The van der Waals surface area contributed by atoms with Crippen LogP contribution in [-0.4, -0.2) is 17.4 Å². The minimum Gasteiger partial charge on any atom is -0.348 e. The molecule has 0 unspecified atom stereocenters. The second kappa shape index (κ2) is 6.71. The number of nitro groups is 1. The Bertz CT molecular complexity index is 568. The van der Waals surface area contributed by atoms with Gasteiger partial charge in [-0.3, -0.25) is 14.9 Å². The highest BCUT2D eigenvalue weighted by molar-refractivity contribution is 6.01. The van der Waals surface area contributed by atoms with Gasteiger partial charge in [0.15, 0.2) is 0 Å². The summed E-state index contributed by atoms with van der Waals surface area (Å²) in [7, 11) is 0. The fraction of sp³-hybridized carbons (Fsp3) is 0.0769. The van der Waals surface area contributed by atoms with Gasteiger partial charge >= 0.3 is 0 Å². The number of carbonyl (C=O) groups excluding carboxylic acids is 1. The third-order valence-corrected chi connectivity index (χ3v) is 2.19. The van der Waals surface area contributed by atoms with E-state index in [2.05, 4.69) is 11.9 Å². The average Bonchev–Trinajstić information content (AvgIpc) is 2.42. The molecule has 0 atom stereocenters. The van der Waals surface area contributed by atoms with Gasteiger partial charge in [0.2, 0.25) is 0 Å². The van der Waals surface area contributed by atoms with E-state index in [9.17, 15) is 14.9 Å². The van der Waals surface area contributed by atoms with E-state index >= 15 is 0 Å². The van der Waals surface area contributed by atoms with Gasteiger partial charge in [-0.25, -0.2) is 0 Å². The summed E-state index contributed by atoms with van der Waals surface area (Å²) in [4.78, 5) is 21.5. The standard InChI is InChI=1S/C13H11N3O3/c1-2-7-15-13(17)11(9-14)8-10-3-5-12(6-4-10)16(18)19/h2-6,8H,1,7H2,(H,15,17)/b11-8+. The van der Waals surface area contributed by atoms with E-state index in [1.54, 1.807) is 6.07 Å². The van der Waals surface area contributed by atoms with Crippen LogP contribution in [0, 0.1) is 21.4 Å². The number of hydrogen-bond donors (Lipinski definition) is 1. The van der Waals surface area contributed by atoms with E-state index in [0.717, 1.165) is 0 Å². The van der Waals surface area contributed by atoms with E-state index in [0.29, 0.717) is 5.56 Å². The Kier molecular flexibility index (Phi) is 4.99. The molecule has 1 aromatic carbocycles. The summed E-state index contributed by atoms with van der Waals surface area (Å²) in [5.41, 5.74) is 0.415. The predicted octanol–water partition coefficient (Wildman–Crippen LogP) is 1.80. The van der Waals surface area contributed by atoms with Crippen molar-refractivity contribution in [1.29, 1.82) is 5.26 Å². The van der Waals surface area contributed by atoms with Crippen molar-refractivity contribution in [3.05, 3.63) is 58.2 Å². The van der Waals surface area contributed by atoms with Gasteiger partial charge in [0.25, 0.3) is 11.6 Å². The lowest BCUT2D eigenvalue weighted by atomic mass is 10.1. The number of nitrogens with zero attached hydrogens (tertiary/aromatic N) is 2. The zero-order valence-electron chi connectivity index (χ0n) is 10.00. The molecule has 0 saturated heterocycles. The Labute approximate surface area is 109 Å². The van der Waals surface area contributed by atoms with E-state index in [1.165, 1.54) is 36.4 Å². The molecule has 0 heterocycles. The molecule has 0 fully saturated rings. The molecule has 1 N–H and O–H groups in total. The quantitative estimate of drug-likeness (QED) is 0.286. The van der Waals surface area contributed by atoms with Gasteiger partial charge in [-0.1, -0.05) is 6.08 Å². The predicted molar refractivity (Wildman–Crippen MR) is 69.9 cm³/mol. The number of amides is 1. The molecule has 0 bridgehead atoms. The number of benzene rings is 1. The SMILES string of the molecule is C=CCNC(=O)/C(C#N)=C/c1ccc([N+](=O)[O-])cc1. The molecule has 1 aromatic rings. The van der Waals surface area contributed by atoms with Crippen molar-refractivity contribution in [2.75, 3.05) is 6.54 Å². The second-order valence-corrected chi connectivity index (χ2v) is 3.52. The Morgan fingerprint density at radius 3 is 2.58 bits per heavy atom. The molecule has 1 rings (SSSR count). The molecule has 19 heavy (non-hydrogen) atoms. The molecule has 6 heteroatoms. The van der Waals surface area contributed by atoms with Crippen molar-refractivity contribution >= 4 is 17.7 Å². The minimum atomic E-state index is -0.518. The van der Waals surface area contributed by atoms with Gasteiger partial charge in [-0.15, -0.1) is 6.58 Å². The van der Waals surface area contributed by atoms with Crippen molar-refractivity contribution in [3.63, 3.8) is 0 Å². The van der Waals surface area contributed by atoms with Gasteiger partial charge in [-0.05, 0) is 23.8 Å². The molecule has 0 aliphatic rings. The molecule has 6 nitrogen and oxygen atoms in total. The van der Waals surface area contributed by atoms with Crippen LogP contribution in [0.3, 0.4) is 0 Å². The second-order valence-electron chi connectivity index (χ2n) is 3.52. The van der Waals surface area contributed by atoms with Crippen LogP contribution in [0.2, 0.25) is 0 Å². The normalized spacial score (nSPS) is 10.4. The van der Waals surface area contributed by atoms with Gasteiger partial charge in [-0.2, -0.15) is 5.26 Å². The lowest BCUT2D eigenvalue weighted by Crippen LogP contribution is -2.24. The fourth-order valence-corrected chi connectivity index (χ4v) is 1.27. The van der Waals surface area contributed by atoms with Crippen LogP contribution < -0.4 is 5.32 Å². The number of nitro benzene ring substituents is 1. The largest absolute Gasteiger partial charge is 0.348 e. The Morgan fingerprint density at radius 2 is 2.11 bits per heavy atom. The highest BCUT2D eigenvalue weighted by Crippen LogP contribution is 2.14. The van der Waals surface area contributed by atoms with E-state index in [1.807, 2.05) is 0 Å². The first-order chi connectivity index (χ1) is 9.08. The van der Waals surface area contributed by atoms with Crippen molar-refractivity contribution in [2.45, 2.75) is 0 Å². The maximum Gasteiger partial charge on any atom is 0.269 e. The fourth-order valence-electron chi connectivity index (χ4n) is 1.27.